The zero-order valence-corrected chi connectivity index (χ0v) is 10.5. The van der Waals surface area contributed by atoms with Gasteiger partial charge in [-0.05, 0) is 30.6 Å². The van der Waals surface area contributed by atoms with Crippen LogP contribution in [-0.2, 0) is 0 Å². The van der Waals surface area contributed by atoms with Gasteiger partial charge in [0, 0.05) is 4.90 Å². The third-order valence-corrected chi connectivity index (χ3v) is 4.17. The van der Waals surface area contributed by atoms with E-state index in [4.69, 9.17) is 11.6 Å². The van der Waals surface area contributed by atoms with Crippen LogP contribution in [0.15, 0.2) is 21.9 Å². The van der Waals surface area contributed by atoms with Gasteiger partial charge in [-0.2, -0.15) is 0 Å². The van der Waals surface area contributed by atoms with Crippen molar-refractivity contribution in [3.63, 3.8) is 0 Å². The molecule has 0 amide bonds. The van der Waals surface area contributed by atoms with Crippen molar-refractivity contribution in [2.75, 3.05) is 12.0 Å². The molecule has 0 unspecified atom stereocenters. The van der Waals surface area contributed by atoms with E-state index < -0.39 is 0 Å². The molecule has 1 rings (SSSR count). The number of halogens is 2. The fraction of sp³-hybridized carbons (Fsp3) is 0.400. The Balaban J connectivity index is 2.99. The molecule has 0 saturated heterocycles. The Kier molecular flexibility index (Phi) is 5.13. The molecule has 0 N–H and O–H groups in total. The van der Waals surface area contributed by atoms with Crippen molar-refractivity contribution >= 4 is 35.1 Å². The first kappa shape index (κ1) is 12.2. The minimum absolute atomic E-state index is 0.177. The highest BCUT2D eigenvalue weighted by Gasteiger charge is 2.11. The van der Waals surface area contributed by atoms with Crippen molar-refractivity contribution in [3.05, 3.63) is 23.0 Å². The van der Waals surface area contributed by atoms with E-state index in [9.17, 15) is 4.39 Å². The molecule has 78 valence electrons. The monoisotopic (exact) mass is 250 g/mol. The quantitative estimate of drug-likeness (QED) is 0.711. The van der Waals surface area contributed by atoms with Crippen molar-refractivity contribution in [2.24, 2.45) is 0 Å². The second-order valence-electron chi connectivity index (χ2n) is 2.74. The largest absolute Gasteiger partial charge is 0.204 e. The lowest BCUT2D eigenvalue weighted by Gasteiger charge is -2.07. The molecule has 0 saturated carbocycles. The first-order valence-corrected chi connectivity index (χ1v) is 6.94. The summed E-state index contributed by atoms with van der Waals surface area (Å²) < 4.78 is 13.7. The number of hydrogen-bond acceptors (Lipinski definition) is 2. The van der Waals surface area contributed by atoms with Crippen LogP contribution in [0.2, 0.25) is 5.02 Å². The first-order chi connectivity index (χ1) is 6.70. The fourth-order valence-electron chi connectivity index (χ4n) is 1.01. The average Bonchev–Trinajstić information content (AvgIpc) is 2.18. The molecule has 0 atom stereocenters. The normalized spacial score (nSPS) is 10.6. The predicted octanol–water partition coefficient (Wildman–Crippen LogP) is 4.70. The number of thioether (sulfide) groups is 2. The highest BCUT2D eigenvalue weighted by Crippen LogP contribution is 2.34. The molecule has 0 aliphatic heterocycles. The van der Waals surface area contributed by atoms with Gasteiger partial charge in [0.05, 0.1) is 9.92 Å². The number of rotatable bonds is 4. The van der Waals surface area contributed by atoms with Gasteiger partial charge in [0.25, 0.3) is 0 Å². The van der Waals surface area contributed by atoms with Crippen molar-refractivity contribution in [1.82, 2.24) is 0 Å². The van der Waals surface area contributed by atoms with Crippen LogP contribution in [0, 0.1) is 5.82 Å². The van der Waals surface area contributed by atoms with Gasteiger partial charge < -0.3 is 0 Å². The Morgan fingerprint density at radius 3 is 2.71 bits per heavy atom. The lowest BCUT2D eigenvalue weighted by atomic mass is 10.3. The van der Waals surface area contributed by atoms with E-state index in [0.717, 1.165) is 12.2 Å². The van der Waals surface area contributed by atoms with Crippen LogP contribution in [0.1, 0.15) is 13.3 Å². The van der Waals surface area contributed by atoms with Crippen molar-refractivity contribution in [2.45, 2.75) is 23.1 Å². The summed E-state index contributed by atoms with van der Waals surface area (Å²) in [5.41, 5.74) is 0. The summed E-state index contributed by atoms with van der Waals surface area (Å²) in [7, 11) is 0. The van der Waals surface area contributed by atoms with Gasteiger partial charge >= 0.3 is 0 Å². The summed E-state index contributed by atoms with van der Waals surface area (Å²) in [5.74, 6) is 0.720. The third kappa shape index (κ3) is 2.81. The second kappa shape index (κ2) is 5.89. The van der Waals surface area contributed by atoms with Gasteiger partial charge in [-0.15, -0.1) is 23.5 Å². The summed E-state index contributed by atoms with van der Waals surface area (Å²) in [6.45, 7) is 2.07. The summed E-state index contributed by atoms with van der Waals surface area (Å²) in [6.07, 6.45) is 2.88. The maximum absolute atomic E-state index is 13.7. The topological polar surface area (TPSA) is 0 Å². The number of benzene rings is 1. The molecule has 0 radical (unpaired) electrons. The van der Waals surface area contributed by atoms with Crippen LogP contribution in [0.25, 0.3) is 0 Å². The van der Waals surface area contributed by atoms with E-state index in [1.807, 2.05) is 6.26 Å². The molecular weight excluding hydrogens is 239 g/mol. The Morgan fingerprint density at radius 2 is 2.14 bits per heavy atom. The van der Waals surface area contributed by atoms with Gasteiger partial charge in [-0.1, -0.05) is 18.5 Å². The highest BCUT2D eigenvalue weighted by atomic mass is 35.5. The SMILES string of the molecule is CCCSc1c(Cl)ccc(SC)c1F. The first-order valence-electron chi connectivity index (χ1n) is 4.35. The summed E-state index contributed by atoms with van der Waals surface area (Å²) in [5, 5.41) is 0.513. The molecule has 1 aromatic carbocycles. The van der Waals surface area contributed by atoms with Crippen LogP contribution < -0.4 is 0 Å². The van der Waals surface area contributed by atoms with E-state index in [0.29, 0.717) is 14.8 Å². The van der Waals surface area contributed by atoms with E-state index in [2.05, 4.69) is 6.92 Å². The highest BCUT2D eigenvalue weighted by molar-refractivity contribution is 7.99. The summed E-state index contributed by atoms with van der Waals surface area (Å²) in [6, 6.07) is 3.48. The van der Waals surface area contributed by atoms with Crippen molar-refractivity contribution in [1.29, 1.82) is 0 Å². The standard InChI is InChI=1S/C10H12ClFS2/c1-3-6-14-10-7(11)4-5-8(13-2)9(10)12/h4-5H,3,6H2,1-2H3. The average molecular weight is 251 g/mol. The molecule has 0 fully saturated rings. The lowest BCUT2D eigenvalue weighted by molar-refractivity contribution is 0.576. The summed E-state index contributed by atoms with van der Waals surface area (Å²) >= 11 is 8.81. The number of hydrogen-bond donors (Lipinski definition) is 0. The van der Waals surface area contributed by atoms with Gasteiger partial charge in [-0.25, -0.2) is 4.39 Å². The van der Waals surface area contributed by atoms with Crippen LogP contribution >= 0.6 is 35.1 Å². The Morgan fingerprint density at radius 1 is 1.43 bits per heavy atom. The molecule has 0 bridgehead atoms. The fourth-order valence-corrected chi connectivity index (χ4v) is 2.72. The Hall–Kier alpha value is 0.140. The van der Waals surface area contributed by atoms with Crippen molar-refractivity contribution in [3.8, 4) is 0 Å². The zero-order chi connectivity index (χ0) is 10.6. The molecular formula is C10H12ClFS2. The molecule has 0 aromatic heterocycles. The van der Waals surface area contributed by atoms with Gasteiger partial charge in [-0.3, -0.25) is 0 Å². The lowest BCUT2D eigenvalue weighted by Crippen LogP contribution is -1.88. The Labute approximate surface area is 97.6 Å². The van der Waals surface area contributed by atoms with Gasteiger partial charge in [0.2, 0.25) is 0 Å². The molecule has 0 nitrogen and oxygen atoms in total. The van der Waals surface area contributed by atoms with E-state index in [1.54, 1.807) is 12.1 Å². The Bertz CT molecular complexity index is 315. The van der Waals surface area contributed by atoms with Crippen LogP contribution in [0.5, 0.6) is 0 Å². The molecule has 4 heteroatoms. The summed E-state index contributed by atoms with van der Waals surface area (Å²) in [4.78, 5) is 1.24. The van der Waals surface area contributed by atoms with Crippen LogP contribution in [-0.4, -0.2) is 12.0 Å². The maximum atomic E-state index is 13.7. The van der Waals surface area contributed by atoms with Crippen LogP contribution in [0.4, 0.5) is 4.39 Å². The minimum atomic E-state index is -0.177. The smallest absolute Gasteiger partial charge is 0.151 e. The molecule has 14 heavy (non-hydrogen) atoms. The van der Waals surface area contributed by atoms with Crippen molar-refractivity contribution < 1.29 is 4.39 Å². The minimum Gasteiger partial charge on any atom is -0.204 e. The van der Waals surface area contributed by atoms with E-state index in [-0.39, 0.29) is 5.82 Å². The molecule has 0 aliphatic carbocycles. The molecule has 0 heterocycles. The van der Waals surface area contributed by atoms with Gasteiger partial charge in [0.15, 0.2) is 5.82 Å². The second-order valence-corrected chi connectivity index (χ2v) is 5.10. The third-order valence-electron chi connectivity index (χ3n) is 1.68. The maximum Gasteiger partial charge on any atom is 0.151 e. The van der Waals surface area contributed by atoms with E-state index in [1.165, 1.54) is 23.5 Å². The van der Waals surface area contributed by atoms with Crippen LogP contribution in [0.3, 0.4) is 0 Å². The molecule has 1 aromatic rings. The zero-order valence-electron chi connectivity index (χ0n) is 8.14. The molecule has 0 aliphatic rings. The van der Waals surface area contributed by atoms with Gasteiger partial charge in [0.1, 0.15) is 0 Å². The predicted molar refractivity (Wildman–Crippen MR) is 64.2 cm³/mol. The van der Waals surface area contributed by atoms with E-state index >= 15 is 0 Å². The molecule has 0 spiro atoms.